The molecule has 1 aromatic carbocycles. The molecule has 7 heteroatoms. The topological polar surface area (TPSA) is 96.3 Å². The molecule has 0 fully saturated rings. The van der Waals surface area contributed by atoms with Crippen molar-refractivity contribution in [3.63, 3.8) is 0 Å². The number of aromatic nitrogens is 2. The van der Waals surface area contributed by atoms with E-state index in [-0.39, 0.29) is 11.3 Å². The summed E-state index contributed by atoms with van der Waals surface area (Å²) in [5.74, 6) is -0.180. The summed E-state index contributed by atoms with van der Waals surface area (Å²) in [6.45, 7) is 7.21. The molecule has 1 aliphatic carbocycles. The number of hydrogen-bond donors (Lipinski definition) is 3. The van der Waals surface area contributed by atoms with Crippen molar-refractivity contribution in [3.8, 4) is 17.0 Å². The molecular weight excluding hydrogens is 382 g/mol. The number of ether oxygens (including phenoxy) is 1. The normalized spacial score (nSPS) is 13.6. The zero-order valence-corrected chi connectivity index (χ0v) is 17.8. The van der Waals surface area contributed by atoms with Crippen molar-refractivity contribution in [1.82, 2.24) is 14.9 Å². The number of nitrogens with one attached hydrogen (secondary N) is 2. The summed E-state index contributed by atoms with van der Waals surface area (Å²) < 4.78 is 6.86. The Hall–Kier alpha value is -3.06. The average Bonchev–Trinajstić information content (AvgIpc) is 2.85. The Kier molecular flexibility index (Phi) is 4.94. The van der Waals surface area contributed by atoms with Gasteiger partial charge in [0.05, 0.1) is 5.69 Å². The Morgan fingerprint density at radius 2 is 1.93 bits per heavy atom. The van der Waals surface area contributed by atoms with Crippen LogP contribution >= 0.6 is 0 Å². The summed E-state index contributed by atoms with van der Waals surface area (Å²) >= 11 is 0. The van der Waals surface area contributed by atoms with Gasteiger partial charge in [-0.3, -0.25) is 4.79 Å². The Bertz CT molecular complexity index is 1200. The smallest absolute Gasteiger partial charge is 0.449 e. The lowest BCUT2D eigenvalue weighted by Gasteiger charge is -2.20. The van der Waals surface area contributed by atoms with E-state index in [4.69, 9.17) is 5.11 Å². The van der Waals surface area contributed by atoms with Crippen LogP contribution in [0.4, 0.5) is 4.79 Å². The van der Waals surface area contributed by atoms with Gasteiger partial charge < -0.3 is 24.7 Å². The first-order valence-electron chi connectivity index (χ1n) is 10.2. The Balaban J connectivity index is 1.81. The zero-order valence-electron chi connectivity index (χ0n) is 17.8. The maximum Gasteiger partial charge on any atom is 0.511 e. The molecule has 0 saturated heterocycles. The molecule has 0 bridgehead atoms. The third kappa shape index (κ3) is 3.85. The summed E-state index contributed by atoms with van der Waals surface area (Å²) in [6, 6.07) is 8.08. The largest absolute Gasteiger partial charge is 0.511 e. The number of pyridine rings is 1. The summed E-state index contributed by atoms with van der Waals surface area (Å²) in [5.41, 5.74) is 5.68. The van der Waals surface area contributed by atoms with Crippen molar-refractivity contribution >= 4 is 17.1 Å². The predicted octanol–water partition coefficient (Wildman–Crippen LogP) is 3.97. The molecule has 0 spiro atoms. The maximum atomic E-state index is 12.4. The Morgan fingerprint density at radius 1 is 1.20 bits per heavy atom. The minimum atomic E-state index is -1.49. The molecule has 0 atom stereocenters. The van der Waals surface area contributed by atoms with E-state index >= 15 is 0 Å². The monoisotopic (exact) mass is 409 g/mol. The molecule has 4 rings (SSSR count). The summed E-state index contributed by atoms with van der Waals surface area (Å²) in [6.07, 6.45) is 1.05. The van der Waals surface area contributed by atoms with Gasteiger partial charge in [-0.05, 0) is 75.4 Å². The minimum absolute atomic E-state index is 0.0295. The van der Waals surface area contributed by atoms with Crippen molar-refractivity contribution in [2.24, 2.45) is 7.05 Å². The van der Waals surface area contributed by atoms with Crippen molar-refractivity contribution in [1.29, 1.82) is 0 Å². The van der Waals surface area contributed by atoms with Crippen molar-refractivity contribution in [3.05, 3.63) is 51.4 Å². The Labute approximate surface area is 174 Å². The lowest BCUT2D eigenvalue weighted by Crippen LogP contribution is -2.35. The molecule has 0 radical (unpaired) electrons. The van der Waals surface area contributed by atoms with E-state index in [1.165, 1.54) is 11.3 Å². The molecule has 2 aromatic heterocycles. The lowest BCUT2D eigenvalue weighted by molar-refractivity contribution is 0.143. The quantitative estimate of drug-likeness (QED) is 0.569. The highest BCUT2D eigenvalue weighted by molar-refractivity contribution is 5.88. The van der Waals surface area contributed by atoms with Gasteiger partial charge in [-0.1, -0.05) is 0 Å². The van der Waals surface area contributed by atoms with Gasteiger partial charge in [0, 0.05) is 41.3 Å². The first-order valence-corrected chi connectivity index (χ1v) is 10.2. The second-order valence-corrected chi connectivity index (χ2v) is 8.95. The molecule has 30 heavy (non-hydrogen) atoms. The van der Waals surface area contributed by atoms with Gasteiger partial charge >= 0.3 is 6.16 Å². The van der Waals surface area contributed by atoms with Crippen LogP contribution in [0.2, 0.25) is 0 Å². The zero-order chi connectivity index (χ0) is 21.6. The number of carboxylic acid groups (broad SMARTS) is 1. The lowest BCUT2D eigenvalue weighted by atomic mass is 9.99. The second-order valence-electron chi connectivity index (χ2n) is 8.95. The number of aromatic amines is 1. The minimum Gasteiger partial charge on any atom is -0.449 e. The van der Waals surface area contributed by atoms with E-state index in [1.54, 1.807) is 6.07 Å². The number of carbonyl (C=O) groups is 1. The van der Waals surface area contributed by atoms with Crippen LogP contribution in [0.3, 0.4) is 0 Å². The Morgan fingerprint density at radius 3 is 2.63 bits per heavy atom. The molecule has 158 valence electrons. The highest BCUT2D eigenvalue weighted by Gasteiger charge is 2.21. The van der Waals surface area contributed by atoms with Crippen LogP contribution in [0.5, 0.6) is 5.75 Å². The van der Waals surface area contributed by atoms with Gasteiger partial charge in [0.25, 0.3) is 5.56 Å². The molecular formula is C23H27N3O4. The maximum absolute atomic E-state index is 12.4. The third-order valence-electron chi connectivity index (χ3n) is 5.61. The molecule has 0 amide bonds. The SMILES string of the molecule is Cn1c(CNC(C)(C)C)cc2cc3c(cc21)CCCc1cc(OC(=O)O)c(=O)[nH]c1-3. The first-order chi connectivity index (χ1) is 14.1. The fourth-order valence-corrected chi connectivity index (χ4v) is 4.08. The van der Waals surface area contributed by atoms with Gasteiger partial charge in [0.2, 0.25) is 0 Å². The summed E-state index contributed by atoms with van der Waals surface area (Å²) in [5, 5.41) is 13.5. The molecule has 0 aliphatic heterocycles. The van der Waals surface area contributed by atoms with Gasteiger partial charge in [0.1, 0.15) is 0 Å². The molecule has 3 N–H and O–H groups in total. The van der Waals surface area contributed by atoms with E-state index in [9.17, 15) is 9.59 Å². The standard InChI is InChI=1S/C23H27N3O4/c1-23(2,3)24-12-16-8-15-9-17-13(10-18(15)26(16)4)6-5-7-14-11-19(30-22(28)29)21(27)25-20(14)17/h8-11,24H,5-7,12H2,1-4H3,(H,25,27)(H,28,29). The molecule has 0 saturated carbocycles. The molecule has 0 unspecified atom stereocenters. The van der Waals surface area contributed by atoms with E-state index in [0.29, 0.717) is 0 Å². The fraction of sp³-hybridized carbons (Fsp3) is 0.391. The van der Waals surface area contributed by atoms with Crippen LogP contribution in [-0.2, 0) is 26.4 Å². The molecule has 7 nitrogen and oxygen atoms in total. The number of benzene rings is 1. The van der Waals surface area contributed by atoms with Gasteiger partial charge in [0.15, 0.2) is 5.75 Å². The van der Waals surface area contributed by atoms with Gasteiger partial charge in [-0.25, -0.2) is 4.79 Å². The van der Waals surface area contributed by atoms with Crippen molar-refractivity contribution in [2.75, 3.05) is 0 Å². The van der Waals surface area contributed by atoms with Crippen LogP contribution in [-0.4, -0.2) is 26.4 Å². The van der Waals surface area contributed by atoms with Crippen molar-refractivity contribution in [2.45, 2.75) is 52.1 Å². The van der Waals surface area contributed by atoms with Crippen LogP contribution < -0.4 is 15.6 Å². The number of rotatable bonds is 3. The van der Waals surface area contributed by atoms with Crippen LogP contribution in [0.15, 0.2) is 29.1 Å². The van der Waals surface area contributed by atoms with Crippen LogP contribution in [0.1, 0.15) is 44.0 Å². The summed E-state index contributed by atoms with van der Waals surface area (Å²) in [4.78, 5) is 26.1. The highest BCUT2D eigenvalue weighted by Crippen LogP contribution is 2.35. The number of nitrogens with zero attached hydrogens (tertiary/aromatic N) is 1. The molecule has 3 aromatic rings. The number of aryl methyl sites for hydroxylation is 3. The van der Waals surface area contributed by atoms with Crippen LogP contribution in [0.25, 0.3) is 22.2 Å². The third-order valence-corrected chi connectivity index (χ3v) is 5.61. The average molecular weight is 409 g/mol. The van der Waals surface area contributed by atoms with E-state index in [2.05, 4.69) is 65.6 Å². The summed E-state index contributed by atoms with van der Waals surface area (Å²) in [7, 11) is 2.08. The van der Waals surface area contributed by atoms with Gasteiger partial charge in [-0.2, -0.15) is 0 Å². The van der Waals surface area contributed by atoms with Crippen LogP contribution in [0, 0.1) is 0 Å². The van der Waals surface area contributed by atoms with E-state index in [1.807, 2.05) is 0 Å². The number of fused-ring (bicyclic) bond motifs is 4. The molecule has 1 aliphatic rings. The molecule has 2 heterocycles. The predicted molar refractivity (Wildman–Crippen MR) is 116 cm³/mol. The van der Waals surface area contributed by atoms with E-state index in [0.717, 1.165) is 53.5 Å². The number of H-pyrrole nitrogens is 1. The first kappa shape index (κ1) is 20.2. The number of hydrogen-bond acceptors (Lipinski definition) is 4. The van der Waals surface area contributed by atoms with Crippen molar-refractivity contribution < 1.29 is 14.6 Å². The van der Waals surface area contributed by atoms with Gasteiger partial charge in [-0.15, -0.1) is 0 Å². The van der Waals surface area contributed by atoms with E-state index < -0.39 is 11.7 Å². The fourth-order valence-electron chi connectivity index (χ4n) is 4.08. The highest BCUT2D eigenvalue weighted by atomic mass is 16.7. The second kappa shape index (κ2) is 7.32.